The van der Waals surface area contributed by atoms with Gasteiger partial charge in [-0.15, -0.1) is 0 Å². The van der Waals surface area contributed by atoms with E-state index in [-0.39, 0.29) is 37.2 Å². The van der Waals surface area contributed by atoms with Crippen LogP contribution in [0.3, 0.4) is 0 Å². The SMILES string of the molecule is CCC(C)C1=[C]([Ti+3])CC=C1[Si](c1cc(Cc2ccccc2)cc(Cc2ccccc2)c1)(c1cc(Cc2ccccc2)cc(Cc2ccccc2)c1)c1cc(Cc2ccccc2)cc(Cc2ccccc2)c1.[Cl-].[Cl-].[Cl-]. The van der Waals surface area contributed by atoms with Crippen molar-refractivity contribution in [2.45, 2.75) is 65.2 Å². The molecule has 74 heavy (non-hydrogen) atoms. The van der Waals surface area contributed by atoms with Gasteiger partial charge in [0.25, 0.3) is 0 Å². The van der Waals surface area contributed by atoms with Crippen LogP contribution in [0.15, 0.2) is 257 Å². The molecule has 0 aromatic heterocycles. The van der Waals surface area contributed by atoms with Gasteiger partial charge in [0.05, 0.1) is 0 Å². The predicted molar refractivity (Wildman–Crippen MR) is 299 cm³/mol. The predicted octanol–water partition coefficient (Wildman–Crippen LogP) is 5.43. The molecule has 1 unspecified atom stereocenters. The minimum atomic E-state index is -3.26. The molecular formula is C69H63Cl3SiTi. The molecule has 1 aliphatic carbocycles. The fourth-order valence-electron chi connectivity index (χ4n) is 11.2. The molecule has 10 rings (SSSR count). The summed E-state index contributed by atoms with van der Waals surface area (Å²) in [6, 6.07) is 90.3. The van der Waals surface area contributed by atoms with E-state index in [0.717, 1.165) is 51.4 Å². The van der Waals surface area contributed by atoms with Gasteiger partial charge in [0, 0.05) is 0 Å². The Kier molecular flexibility index (Phi) is 20.2. The number of halogens is 3. The van der Waals surface area contributed by atoms with E-state index in [1.54, 1.807) is 10.8 Å². The van der Waals surface area contributed by atoms with Gasteiger partial charge in [-0.2, -0.15) is 0 Å². The molecule has 0 fully saturated rings. The first kappa shape index (κ1) is 56.0. The van der Waals surface area contributed by atoms with E-state index in [1.807, 2.05) is 0 Å². The second-order valence-electron chi connectivity index (χ2n) is 19.9. The van der Waals surface area contributed by atoms with Crippen LogP contribution in [0.1, 0.15) is 93.5 Å². The van der Waals surface area contributed by atoms with Crippen LogP contribution in [0.25, 0.3) is 0 Å². The van der Waals surface area contributed by atoms with Crippen molar-refractivity contribution in [3.05, 3.63) is 324 Å². The van der Waals surface area contributed by atoms with Gasteiger partial charge in [0.2, 0.25) is 0 Å². The Bertz CT molecular complexity index is 2770. The Morgan fingerprint density at radius 2 is 0.581 bits per heavy atom. The van der Waals surface area contributed by atoms with E-state index in [1.165, 1.54) is 86.2 Å². The maximum absolute atomic E-state index is 3.26. The van der Waals surface area contributed by atoms with E-state index in [2.05, 4.69) is 277 Å². The van der Waals surface area contributed by atoms with Crippen molar-refractivity contribution in [2.75, 3.05) is 0 Å². The van der Waals surface area contributed by atoms with Crippen molar-refractivity contribution in [1.82, 2.24) is 0 Å². The summed E-state index contributed by atoms with van der Waals surface area (Å²) >= 11 is 2.43. The molecule has 0 aliphatic heterocycles. The normalized spacial score (nSPS) is 12.5. The van der Waals surface area contributed by atoms with E-state index in [0.29, 0.717) is 5.92 Å². The number of hydrogen-bond donors (Lipinski definition) is 0. The van der Waals surface area contributed by atoms with Crippen LogP contribution in [0.5, 0.6) is 0 Å². The standard InChI is InChI=1S/C69H63Si.3ClH.Ti/c1-3-52(2)68-35-22-36-69(68)70(65-46-59(37-53-23-10-4-11-24-53)43-60(47-65)38-54-25-12-5-13-26-54,66-48-61(39-55-27-14-6-15-28-55)44-62(49-66)40-56-29-16-7-17-30-56)67-50-63(41-57-31-18-8-19-32-57)45-64(51-67)42-58-33-20-9-21-34-58;;;;/h4-21,23-34,36,43-52H,3,22,37-42H2,1-2H3;3*1H;/q;;;;+3/p-3. The molecule has 0 N–H and O–H groups in total. The average Bonchev–Trinajstić information content (AvgIpc) is 3.79. The fourth-order valence-corrected chi connectivity index (χ4v) is 17.7. The first-order valence-electron chi connectivity index (χ1n) is 25.7. The number of benzene rings is 9. The molecular weight excluding hydrogens is 1010 g/mol. The van der Waals surface area contributed by atoms with Crippen LogP contribution in [0.2, 0.25) is 0 Å². The van der Waals surface area contributed by atoms with Crippen LogP contribution in [0, 0.1) is 5.92 Å². The van der Waals surface area contributed by atoms with Crippen molar-refractivity contribution < 1.29 is 57.7 Å². The molecule has 0 nitrogen and oxygen atoms in total. The molecule has 5 heteroatoms. The minimum absolute atomic E-state index is 0. The van der Waals surface area contributed by atoms with Gasteiger partial charge in [0.15, 0.2) is 0 Å². The minimum Gasteiger partial charge on any atom is -1.00 e. The molecule has 0 saturated carbocycles. The van der Waals surface area contributed by atoms with E-state index in [9.17, 15) is 0 Å². The van der Waals surface area contributed by atoms with Gasteiger partial charge in [-0.1, -0.05) is 0 Å². The molecule has 0 radical (unpaired) electrons. The van der Waals surface area contributed by atoms with Gasteiger partial charge in [-0.3, -0.25) is 0 Å². The van der Waals surface area contributed by atoms with Gasteiger partial charge in [-0.25, -0.2) is 0 Å². The van der Waals surface area contributed by atoms with Crippen LogP contribution < -0.4 is 52.8 Å². The summed E-state index contributed by atoms with van der Waals surface area (Å²) < 4.78 is 1.52. The third-order valence-corrected chi connectivity index (χ3v) is 20.1. The zero-order valence-corrected chi connectivity index (χ0v) is 47.3. The van der Waals surface area contributed by atoms with E-state index < -0.39 is 8.07 Å². The van der Waals surface area contributed by atoms with Crippen LogP contribution in [0.4, 0.5) is 0 Å². The topological polar surface area (TPSA) is 0 Å². The molecule has 1 aliphatic rings. The Labute approximate surface area is 472 Å². The molecule has 0 saturated heterocycles. The first-order valence-corrected chi connectivity index (χ1v) is 28.5. The third kappa shape index (κ3) is 13.4. The monoisotopic (exact) mass is 1070 g/mol. The summed E-state index contributed by atoms with van der Waals surface area (Å²) in [6.45, 7) is 4.88. The summed E-state index contributed by atoms with van der Waals surface area (Å²) in [4.78, 5) is 0. The van der Waals surface area contributed by atoms with Gasteiger partial charge >= 0.3 is 439 Å². The van der Waals surface area contributed by atoms with Gasteiger partial charge in [-0.05, 0) is 0 Å². The molecule has 9 aromatic rings. The van der Waals surface area contributed by atoms with Gasteiger partial charge in [0.1, 0.15) is 0 Å². The Hall–Kier alpha value is -5.74. The molecule has 0 bridgehead atoms. The van der Waals surface area contributed by atoms with Crippen LogP contribution >= 0.6 is 0 Å². The zero-order chi connectivity index (χ0) is 48.4. The summed E-state index contributed by atoms with van der Waals surface area (Å²) in [5.41, 5.74) is 17.8. The van der Waals surface area contributed by atoms with Crippen molar-refractivity contribution in [3.8, 4) is 0 Å². The largest absolute Gasteiger partial charge is 1.00 e. The summed E-state index contributed by atoms with van der Waals surface area (Å²) in [7, 11) is -3.26. The smallest absolute Gasteiger partial charge is 1.00 e. The van der Waals surface area contributed by atoms with Crippen molar-refractivity contribution in [3.63, 3.8) is 0 Å². The zero-order valence-electron chi connectivity index (χ0n) is 42.5. The molecule has 1 atom stereocenters. The number of allylic oxidation sites excluding steroid dienone is 4. The second kappa shape index (κ2) is 26.7. The van der Waals surface area contributed by atoms with Crippen LogP contribution in [-0.4, -0.2) is 8.07 Å². The van der Waals surface area contributed by atoms with Crippen molar-refractivity contribution in [2.24, 2.45) is 5.92 Å². The summed E-state index contributed by atoms with van der Waals surface area (Å²) in [6.07, 6.45) is 9.98. The average molecular weight is 1070 g/mol. The maximum Gasteiger partial charge on any atom is -1.00 e. The molecule has 0 heterocycles. The molecule has 0 amide bonds. The number of hydrogen-bond acceptors (Lipinski definition) is 0. The summed E-state index contributed by atoms with van der Waals surface area (Å²) in [5.74, 6) is 0.402. The molecule has 0 spiro atoms. The maximum atomic E-state index is 2.70. The Balaban J connectivity index is 0.00000267. The first-order chi connectivity index (χ1) is 34.9. The Morgan fingerprint density at radius 1 is 0.351 bits per heavy atom. The second-order valence-corrected chi connectivity index (χ2v) is 24.6. The van der Waals surface area contributed by atoms with E-state index in [4.69, 9.17) is 0 Å². The molecule has 368 valence electrons. The molecule has 9 aromatic carbocycles. The Morgan fingerprint density at radius 3 is 0.797 bits per heavy atom. The van der Waals surface area contributed by atoms with E-state index >= 15 is 0 Å². The van der Waals surface area contributed by atoms with Crippen molar-refractivity contribution >= 4 is 23.6 Å². The third-order valence-electron chi connectivity index (χ3n) is 14.6. The van der Waals surface area contributed by atoms with Crippen molar-refractivity contribution in [1.29, 1.82) is 0 Å². The van der Waals surface area contributed by atoms with Crippen LogP contribution in [-0.2, 0) is 59.0 Å². The van der Waals surface area contributed by atoms with Gasteiger partial charge < -0.3 is 37.2 Å². The quantitative estimate of drug-likeness (QED) is 0.0796. The fraction of sp³-hybridized carbons (Fsp3) is 0.159. The number of rotatable bonds is 18. The summed E-state index contributed by atoms with van der Waals surface area (Å²) in [5, 5.41) is 6.01.